The van der Waals surface area contributed by atoms with E-state index in [0.29, 0.717) is 4.34 Å². The van der Waals surface area contributed by atoms with Crippen molar-refractivity contribution < 1.29 is 13.2 Å². The highest BCUT2D eigenvalue weighted by molar-refractivity contribution is 7.91. The number of nitrogens with one attached hydrogen (secondary N) is 1. The lowest BCUT2D eigenvalue weighted by Gasteiger charge is -2.07. The minimum atomic E-state index is -3.70. The number of thiophene rings is 1. The number of rotatable bonds is 4. The fraction of sp³-hybridized carbons (Fsp3) is 0.286. The van der Waals surface area contributed by atoms with Crippen LogP contribution in [0.5, 0.6) is 0 Å². The summed E-state index contributed by atoms with van der Waals surface area (Å²) in [6.45, 7) is 1.36. The normalized spacial score (nSPS) is 13.8. The summed E-state index contributed by atoms with van der Waals surface area (Å²) in [6, 6.07) is 1.87. The van der Waals surface area contributed by atoms with Gasteiger partial charge in [-0.05, 0) is 30.7 Å². The molecule has 1 heterocycles. The molecule has 0 fully saturated rings. The van der Waals surface area contributed by atoms with Crippen molar-refractivity contribution in [2.45, 2.75) is 17.2 Å². The molecule has 0 aliphatic rings. The standard InChI is InChI=1S/C7H7Cl2NO3S2/c1-4(7(9)11)10-15(12,13)6-3-2-5(8)14-6/h2-4,10H,1H3. The topological polar surface area (TPSA) is 63.2 Å². The molecule has 0 spiro atoms. The van der Waals surface area contributed by atoms with Crippen LogP contribution in [0, 0.1) is 0 Å². The van der Waals surface area contributed by atoms with Crippen molar-refractivity contribution in [2.24, 2.45) is 0 Å². The van der Waals surface area contributed by atoms with Gasteiger partial charge in [0.25, 0.3) is 10.0 Å². The number of carbonyl (C=O) groups is 1. The van der Waals surface area contributed by atoms with Gasteiger partial charge in [0.2, 0.25) is 5.24 Å². The van der Waals surface area contributed by atoms with Crippen molar-refractivity contribution in [3.8, 4) is 0 Å². The van der Waals surface area contributed by atoms with Crippen LogP contribution in [0.4, 0.5) is 0 Å². The molecular weight excluding hydrogens is 281 g/mol. The van der Waals surface area contributed by atoms with Crippen LogP contribution in [0.15, 0.2) is 16.3 Å². The highest BCUT2D eigenvalue weighted by Gasteiger charge is 2.22. The first-order valence-corrected chi connectivity index (χ1v) is 6.85. The summed E-state index contributed by atoms with van der Waals surface area (Å²) in [7, 11) is -3.70. The van der Waals surface area contributed by atoms with Gasteiger partial charge in [-0.2, -0.15) is 4.72 Å². The van der Waals surface area contributed by atoms with Gasteiger partial charge in [-0.1, -0.05) is 11.6 Å². The monoisotopic (exact) mass is 287 g/mol. The summed E-state index contributed by atoms with van der Waals surface area (Å²) < 4.78 is 25.7. The molecule has 0 saturated carbocycles. The van der Waals surface area contributed by atoms with E-state index >= 15 is 0 Å². The van der Waals surface area contributed by atoms with Gasteiger partial charge in [-0.25, -0.2) is 8.42 Å². The van der Waals surface area contributed by atoms with Crippen LogP contribution in [0.2, 0.25) is 4.34 Å². The zero-order chi connectivity index (χ0) is 11.6. The molecule has 1 N–H and O–H groups in total. The van der Waals surface area contributed by atoms with Crippen molar-refractivity contribution in [3.05, 3.63) is 16.5 Å². The first-order chi connectivity index (χ1) is 6.83. The number of carbonyl (C=O) groups excluding carboxylic acids is 1. The van der Waals surface area contributed by atoms with Crippen LogP contribution in [0.25, 0.3) is 0 Å². The highest BCUT2D eigenvalue weighted by Crippen LogP contribution is 2.25. The van der Waals surface area contributed by atoms with E-state index in [4.69, 9.17) is 23.2 Å². The molecule has 0 bridgehead atoms. The summed E-state index contributed by atoms with van der Waals surface area (Å²) in [6.07, 6.45) is 0. The van der Waals surface area contributed by atoms with Crippen LogP contribution < -0.4 is 4.72 Å². The summed E-state index contributed by atoms with van der Waals surface area (Å²) >= 11 is 11.6. The minimum absolute atomic E-state index is 0.0530. The quantitative estimate of drug-likeness (QED) is 0.860. The third-order valence-corrected chi connectivity index (χ3v) is 5.08. The molecular formula is C7H7Cl2NO3S2. The first-order valence-electron chi connectivity index (χ1n) is 3.80. The largest absolute Gasteiger partial charge is 0.279 e. The SMILES string of the molecule is CC(NS(=O)(=O)c1ccc(Cl)s1)C(=O)Cl. The lowest BCUT2D eigenvalue weighted by molar-refractivity contribution is -0.112. The molecule has 15 heavy (non-hydrogen) atoms. The Kier molecular flexibility index (Phi) is 4.13. The van der Waals surface area contributed by atoms with E-state index in [1.54, 1.807) is 0 Å². The molecule has 1 aromatic heterocycles. The zero-order valence-electron chi connectivity index (χ0n) is 7.53. The van der Waals surface area contributed by atoms with Gasteiger partial charge >= 0.3 is 0 Å². The van der Waals surface area contributed by atoms with Gasteiger partial charge in [0.05, 0.1) is 10.4 Å². The Morgan fingerprint density at radius 3 is 2.53 bits per heavy atom. The summed E-state index contributed by atoms with van der Waals surface area (Å²) in [5.41, 5.74) is 0. The van der Waals surface area contributed by atoms with Crippen LogP contribution >= 0.6 is 34.5 Å². The van der Waals surface area contributed by atoms with E-state index in [-0.39, 0.29) is 4.21 Å². The minimum Gasteiger partial charge on any atom is -0.279 e. The molecule has 4 nitrogen and oxygen atoms in total. The molecule has 1 atom stereocenters. The van der Waals surface area contributed by atoms with Gasteiger partial charge in [0.15, 0.2) is 0 Å². The fourth-order valence-electron chi connectivity index (χ4n) is 0.779. The van der Waals surface area contributed by atoms with E-state index in [9.17, 15) is 13.2 Å². The number of hydrogen-bond acceptors (Lipinski definition) is 4. The Bertz CT molecular complexity index is 468. The number of halogens is 2. The second-order valence-corrected chi connectivity index (χ2v) is 6.73. The van der Waals surface area contributed by atoms with Crippen molar-refractivity contribution in [1.82, 2.24) is 4.72 Å². The van der Waals surface area contributed by atoms with Crippen LogP contribution in [0.1, 0.15) is 6.92 Å². The predicted molar refractivity (Wildman–Crippen MR) is 60.0 cm³/mol. The van der Waals surface area contributed by atoms with E-state index in [1.165, 1.54) is 19.1 Å². The second kappa shape index (κ2) is 4.80. The van der Waals surface area contributed by atoms with Crippen molar-refractivity contribution in [2.75, 3.05) is 0 Å². The molecule has 1 unspecified atom stereocenters. The van der Waals surface area contributed by atoms with Crippen molar-refractivity contribution in [1.29, 1.82) is 0 Å². The Morgan fingerprint density at radius 2 is 2.13 bits per heavy atom. The Labute approximate surface area is 101 Å². The van der Waals surface area contributed by atoms with Crippen LogP contribution in [-0.4, -0.2) is 19.7 Å². The molecule has 8 heteroatoms. The van der Waals surface area contributed by atoms with Gasteiger partial charge in [0, 0.05) is 0 Å². The Balaban J connectivity index is 2.90. The van der Waals surface area contributed by atoms with Gasteiger partial charge < -0.3 is 0 Å². The molecule has 0 aliphatic heterocycles. The number of sulfonamides is 1. The summed E-state index contributed by atoms with van der Waals surface area (Å²) in [5.74, 6) is 0. The molecule has 84 valence electrons. The predicted octanol–water partition coefficient (Wildman–Crippen LogP) is 1.83. The lowest BCUT2D eigenvalue weighted by Crippen LogP contribution is -2.36. The summed E-state index contributed by atoms with van der Waals surface area (Å²) in [5, 5.41) is -0.763. The lowest BCUT2D eigenvalue weighted by atomic mass is 10.4. The maximum Gasteiger partial charge on any atom is 0.250 e. The van der Waals surface area contributed by atoms with Gasteiger partial charge in [-0.15, -0.1) is 11.3 Å². The van der Waals surface area contributed by atoms with Crippen LogP contribution in [0.3, 0.4) is 0 Å². The fourth-order valence-corrected chi connectivity index (χ4v) is 3.60. The third kappa shape index (κ3) is 3.42. The highest BCUT2D eigenvalue weighted by atomic mass is 35.5. The maximum atomic E-state index is 11.6. The third-order valence-electron chi connectivity index (χ3n) is 1.49. The molecule has 0 aromatic carbocycles. The number of hydrogen-bond donors (Lipinski definition) is 1. The average Bonchev–Trinajstić information content (AvgIpc) is 2.51. The van der Waals surface area contributed by atoms with Crippen molar-refractivity contribution >= 4 is 49.8 Å². The second-order valence-electron chi connectivity index (χ2n) is 2.71. The average molecular weight is 288 g/mol. The summed E-state index contributed by atoms with van der Waals surface area (Å²) in [4.78, 5) is 10.7. The molecule has 1 rings (SSSR count). The molecule has 0 saturated heterocycles. The van der Waals surface area contributed by atoms with E-state index in [0.717, 1.165) is 11.3 Å². The zero-order valence-corrected chi connectivity index (χ0v) is 10.7. The van der Waals surface area contributed by atoms with E-state index < -0.39 is 21.3 Å². The maximum absolute atomic E-state index is 11.6. The van der Waals surface area contributed by atoms with Gasteiger partial charge in [-0.3, -0.25) is 4.79 Å². The molecule has 0 radical (unpaired) electrons. The van der Waals surface area contributed by atoms with Gasteiger partial charge in [0.1, 0.15) is 4.21 Å². The molecule has 0 amide bonds. The smallest absolute Gasteiger partial charge is 0.250 e. The van der Waals surface area contributed by atoms with Crippen molar-refractivity contribution in [3.63, 3.8) is 0 Å². The Hall–Kier alpha value is -0.140. The molecule has 1 aromatic rings. The first kappa shape index (κ1) is 12.9. The molecule has 0 aliphatic carbocycles. The van der Waals surface area contributed by atoms with E-state index in [1.807, 2.05) is 0 Å². The van der Waals surface area contributed by atoms with Crippen LogP contribution in [-0.2, 0) is 14.8 Å². The van der Waals surface area contributed by atoms with E-state index in [2.05, 4.69) is 4.72 Å². The Morgan fingerprint density at radius 1 is 1.53 bits per heavy atom.